The number of rotatable bonds is 5. The van der Waals surface area contributed by atoms with Crippen LogP contribution in [0.2, 0.25) is 0 Å². The molecule has 1 aromatic heterocycles. The zero-order chi connectivity index (χ0) is 17.8. The Balaban J connectivity index is 2.01. The average Bonchev–Trinajstić information content (AvgIpc) is 2.63. The Labute approximate surface area is 146 Å². The molecule has 0 N–H and O–H groups in total. The van der Waals surface area contributed by atoms with Crippen LogP contribution in [0.5, 0.6) is 11.5 Å². The van der Waals surface area contributed by atoms with Gasteiger partial charge in [0, 0.05) is 17.7 Å². The van der Waals surface area contributed by atoms with Crippen LogP contribution in [0.15, 0.2) is 59.4 Å². The molecule has 0 saturated heterocycles. The number of methoxy groups -OCH3 is 2. The zero-order valence-corrected chi connectivity index (χ0v) is 14.5. The van der Waals surface area contributed by atoms with Gasteiger partial charge in [0.05, 0.1) is 26.5 Å². The van der Waals surface area contributed by atoms with Crippen molar-refractivity contribution in [2.24, 2.45) is 0 Å². The Hall–Kier alpha value is -3.08. The summed E-state index contributed by atoms with van der Waals surface area (Å²) in [5.74, 6) is 1.35. The fraction of sp³-hybridized carbons (Fsp3) is 0.200. The lowest BCUT2D eigenvalue weighted by Crippen LogP contribution is -2.22. The first-order valence-corrected chi connectivity index (χ1v) is 7.97. The van der Waals surface area contributed by atoms with Crippen LogP contribution >= 0.6 is 0 Å². The minimum atomic E-state index is -0.141. The number of aryl methyl sites for hydroxylation is 1. The molecule has 0 amide bonds. The number of aromatic nitrogens is 2. The molecule has 0 atom stereocenters. The van der Waals surface area contributed by atoms with Gasteiger partial charge in [0.1, 0.15) is 11.5 Å². The van der Waals surface area contributed by atoms with Gasteiger partial charge in [-0.25, -0.2) is 4.68 Å². The van der Waals surface area contributed by atoms with E-state index in [0.29, 0.717) is 23.7 Å². The second kappa shape index (κ2) is 7.21. The van der Waals surface area contributed by atoms with Crippen LogP contribution in [0.25, 0.3) is 11.3 Å². The van der Waals surface area contributed by atoms with E-state index in [1.165, 1.54) is 10.7 Å². The monoisotopic (exact) mass is 336 g/mol. The molecule has 0 spiro atoms. The predicted molar refractivity (Wildman–Crippen MR) is 97.3 cm³/mol. The first-order chi connectivity index (χ1) is 12.1. The van der Waals surface area contributed by atoms with Crippen molar-refractivity contribution in [2.75, 3.05) is 14.2 Å². The first kappa shape index (κ1) is 16.8. The van der Waals surface area contributed by atoms with Crippen LogP contribution in [0.4, 0.5) is 0 Å². The van der Waals surface area contributed by atoms with E-state index in [9.17, 15) is 4.79 Å². The summed E-state index contributed by atoms with van der Waals surface area (Å²) in [5, 5.41) is 4.51. The molecule has 5 heteroatoms. The summed E-state index contributed by atoms with van der Waals surface area (Å²) in [5.41, 5.74) is 3.53. The van der Waals surface area contributed by atoms with Gasteiger partial charge in [-0.2, -0.15) is 5.10 Å². The third kappa shape index (κ3) is 3.71. The van der Waals surface area contributed by atoms with E-state index >= 15 is 0 Å². The molecule has 0 radical (unpaired) electrons. The molecule has 0 saturated carbocycles. The van der Waals surface area contributed by atoms with Crippen molar-refractivity contribution < 1.29 is 9.47 Å². The quantitative estimate of drug-likeness (QED) is 0.717. The lowest BCUT2D eigenvalue weighted by Gasteiger charge is -2.12. The smallest absolute Gasteiger partial charge is 0.267 e. The van der Waals surface area contributed by atoms with Crippen molar-refractivity contribution in [3.63, 3.8) is 0 Å². The lowest BCUT2D eigenvalue weighted by molar-refractivity contribution is 0.395. The van der Waals surface area contributed by atoms with E-state index < -0.39 is 0 Å². The van der Waals surface area contributed by atoms with Crippen molar-refractivity contribution in [2.45, 2.75) is 13.5 Å². The molecule has 0 aliphatic rings. The van der Waals surface area contributed by atoms with Crippen molar-refractivity contribution >= 4 is 0 Å². The number of ether oxygens (including phenoxy) is 2. The van der Waals surface area contributed by atoms with Gasteiger partial charge in [-0.3, -0.25) is 4.79 Å². The van der Waals surface area contributed by atoms with E-state index in [-0.39, 0.29) is 5.56 Å². The Bertz CT molecular complexity index is 948. The summed E-state index contributed by atoms with van der Waals surface area (Å²) in [6.45, 7) is 2.45. The Kier molecular flexibility index (Phi) is 4.84. The molecule has 0 aliphatic heterocycles. The van der Waals surface area contributed by atoms with Crippen LogP contribution in [0.3, 0.4) is 0 Å². The maximum atomic E-state index is 12.2. The second-order valence-corrected chi connectivity index (χ2v) is 5.77. The Morgan fingerprint density at radius 3 is 2.56 bits per heavy atom. The molecule has 2 aromatic carbocycles. The molecular formula is C20H20N2O3. The molecule has 128 valence electrons. The molecule has 3 rings (SSSR count). The molecule has 1 heterocycles. The van der Waals surface area contributed by atoms with Gasteiger partial charge < -0.3 is 9.47 Å². The second-order valence-electron chi connectivity index (χ2n) is 5.77. The van der Waals surface area contributed by atoms with Gasteiger partial charge in [0.25, 0.3) is 5.56 Å². The van der Waals surface area contributed by atoms with Crippen molar-refractivity contribution in [1.82, 2.24) is 9.78 Å². The van der Waals surface area contributed by atoms with Crippen molar-refractivity contribution in [3.05, 3.63) is 76.1 Å². The van der Waals surface area contributed by atoms with Crippen LogP contribution < -0.4 is 15.0 Å². The van der Waals surface area contributed by atoms with E-state index in [2.05, 4.69) is 11.2 Å². The molecule has 0 aliphatic carbocycles. The highest BCUT2D eigenvalue weighted by Crippen LogP contribution is 2.31. The number of nitrogens with zero attached hydrogens (tertiary/aromatic N) is 2. The maximum absolute atomic E-state index is 12.2. The lowest BCUT2D eigenvalue weighted by atomic mass is 10.1. The largest absolute Gasteiger partial charge is 0.497 e. The molecule has 5 nitrogen and oxygen atoms in total. The summed E-state index contributed by atoms with van der Waals surface area (Å²) in [4.78, 5) is 12.2. The summed E-state index contributed by atoms with van der Waals surface area (Å²) < 4.78 is 12.1. The van der Waals surface area contributed by atoms with Crippen molar-refractivity contribution in [1.29, 1.82) is 0 Å². The molecular weight excluding hydrogens is 316 g/mol. The Morgan fingerprint density at radius 2 is 1.84 bits per heavy atom. The topological polar surface area (TPSA) is 53.4 Å². The van der Waals surface area contributed by atoms with Gasteiger partial charge in [-0.05, 0) is 30.7 Å². The normalized spacial score (nSPS) is 10.5. The minimum absolute atomic E-state index is 0.141. The fourth-order valence-electron chi connectivity index (χ4n) is 2.70. The molecule has 3 aromatic rings. The van der Waals surface area contributed by atoms with E-state index in [4.69, 9.17) is 9.47 Å². The number of hydrogen-bond acceptors (Lipinski definition) is 4. The van der Waals surface area contributed by atoms with Crippen LogP contribution in [0.1, 0.15) is 11.1 Å². The van der Waals surface area contributed by atoms with Gasteiger partial charge in [0.2, 0.25) is 0 Å². The van der Waals surface area contributed by atoms with Gasteiger partial charge >= 0.3 is 0 Å². The number of benzene rings is 2. The van der Waals surface area contributed by atoms with E-state index in [0.717, 1.165) is 16.7 Å². The summed E-state index contributed by atoms with van der Waals surface area (Å²) in [7, 11) is 3.20. The van der Waals surface area contributed by atoms with E-state index in [1.807, 2.05) is 37.3 Å². The van der Waals surface area contributed by atoms with Crippen molar-refractivity contribution in [3.8, 4) is 22.8 Å². The fourth-order valence-corrected chi connectivity index (χ4v) is 2.70. The Morgan fingerprint density at radius 1 is 1.00 bits per heavy atom. The van der Waals surface area contributed by atoms with Crippen LogP contribution in [-0.2, 0) is 6.54 Å². The minimum Gasteiger partial charge on any atom is -0.497 e. The standard InChI is InChI=1S/C20H20N2O3/c1-14-5-4-6-15(11-14)13-22-20(23)10-9-18(21-22)17-8-7-16(24-2)12-19(17)25-3/h4-12H,13H2,1-3H3. The predicted octanol–water partition coefficient (Wildman–Crippen LogP) is 3.28. The molecule has 0 fully saturated rings. The third-order valence-corrected chi connectivity index (χ3v) is 3.97. The summed E-state index contributed by atoms with van der Waals surface area (Å²) in [6, 6.07) is 16.8. The highest BCUT2D eigenvalue weighted by molar-refractivity contribution is 5.68. The number of hydrogen-bond donors (Lipinski definition) is 0. The van der Waals surface area contributed by atoms with Gasteiger partial charge in [0.15, 0.2) is 0 Å². The van der Waals surface area contributed by atoms with Crippen LogP contribution in [-0.4, -0.2) is 24.0 Å². The highest BCUT2D eigenvalue weighted by atomic mass is 16.5. The summed E-state index contributed by atoms with van der Waals surface area (Å²) in [6.07, 6.45) is 0. The maximum Gasteiger partial charge on any atom is 0.267 e. The van der Waals surface area contributed by atoms with E-state index in [1.54, 1.807) is 26.4 Å². The highest BCUT2D eigenvalue weighted by Gasteiger charge is 2.11. The first-order valence-electron chi connectivity index (χ1n) is 7.97. The third-order valence-electron chi connectivity index (χ3n) is 3.97. The average molecular weight is 336 g/mol. The summed E-state index contributed by atoms with van der Waals surface area (Å²) >= 11 is 0. The zero-order valence-electron chi connectivity index (χ0n) is 14.5. The van der Waals surface area contributed by atoms with Crippen LogP contribution in [0, 0.1) is 6.92 Å². The van der Waals surface area contributed by atoms with Gasteiger partial charge in [-0.1, -0.05) is 29.8 Å². The molecule has 0 bridgehead atoms. The molecule has 0 unspecified atom stereocenters. The SMILES string of the molecule is COc1ccc(-c2ccc(=O)n(Cc3cccc(C)c3)n2)c(OC)c1. The van der Waals surface area contributed by atoms with Gasteiger partial charge in [-0.15, -0.1) is 0 Å². The molecule has 25 heavy (non-hydrogen) atoms.